The van der Waals surface area contributed by atoms with Gasteiger partial charge in [0.05, 0.1) is 40.0 Å². The number of likely N-dealkylation sites (tertiary alicyclic amines) is 1. The number of carbonyl (C=O) groups is 2. The first-order valence-corrected chi connectivity index (χ1v) is 17.3. The van der Waals surface area contributed by atoms with Gasteiger partial charge in [-0.15, -0.1) is 0 Å². The molecule has 2 aliphatic heterocycles. The monoisotopic (exact) mass is 663 g/mol. The Morgan fingerprint density at radius 3 is 2.68 bits per heavy atom. The van der Waals surface area contributed by atoms with Crippen LogP contribution in [-0.2, 0) is 11.3 Å². The van der Waals surface area contributed by atoms with Crippen molar-refractivity contribution in [3.8, 4) is 11.5 Å². The van der Waals surface area contributed by atoms with Gasteiger partial charge in [0, 0.05) is 48.0 Å². The number of nitrogens with two attached hydrogens (primary N) is 1. The maximum atomic E-state index is 15.8. The van der Waals surface area contributed by atoms with E-state index in [0.717, 1.165) is 32.1 Å². The summed E-state index contributed by atoms with van der Waals surface area (Å²) >= 11 is 6.96. The van der Waals surface area contributed by atoms with E-state index in [1.165, 1.54) is 0 Å². The Kier molecular flexibility index (Phi) is 7.36. The summed E-state index contributed by atoms with van der Waals surface area (Å²) in [5, 5.41) is 4.20. The van der Waals surface area contributed by atoms with Crippen molar-refractivity contribution in [3.63, 3.8) is 0 Å². The van der Waals surface area contributed by atoms with Crippen LogP contribution in [0, 0.1) is 11.8 Å². The number of benzene rings is 1. The van der Waals surface area contributed by atoms with Crippen LogP contribution >= 0.6 is 11.6 Å². The molecule has 2 saturated carbocycles. The van der Waals surface area contributed by atoms with E-state index in [0.29, 0.717) is 69.3 Å². The highest BCUT2D eigenvalue weighted by Gasteiger charge is 2.44. The first-order valence-electron chi connectivity index (χ1n) is 17.0. The lowest BCUT2D eigenvalue weighted by Crippen LogP contribution is -2.52. The lowest BCUT2D eigenvalue weighted by molar-refractivity contribution is -0.123. The molecule has 0 radical (unpaired) electrons. The molecule has 0 spiro atoms. The van der Waals surface area contributed by atoms with Crippen molar-refractivity contribution in [1.82, 2.24) is 29.3 Å². The van der Waals surface area contributed by atoms with Gasteiger partial charge in [-0.25, -0.2) is 18.7 Å². The Bertz CT molecular complexity index is 1920. The molecule has 3 fully saturated rings. The third-order valence-electron chi connectivity index (χ3n) is 10.8. The van der Waals surface area contributed by atoms with Gasteiger partial charge in [-0.2, -0.15) is 0 Å². The fourth-order valence-corrected chi connectivity index (χ4v) is 8.05. The van der Waals surface area contributed by atoms with Crippen LogP contribution in [0.15, 0.2) is 30.3 Å². The topological polar surface area (TPSA) is 111 Å². The summed E-state index contributed by atoms with van der Waals surface area (Å²) in [7, 11) is 0. The number of halogens is 3. The summed E-state index contributed by atoms with van der Waals surface area (Å²) < 4.78 is 35.3. The molecule has 47 heavy (non-hydrogen) atoms. The van der Waals surface area contributed by atoms with Gasteiger partial charge in [0.15, 0.2) is 5.82 Å². The molecule has 4 aliphatic rings. The van der Waals surface area contributed by atoms with E-state index in [1.54, 1.807) is 21.6 Å². The number of hydrogen-bond donors (Lipinski definition) is 2. The predicted molar refractivity (Wildman–Crippen MR) is 176 cm³/mol. The molecule has 12 heteroatoms. The number of imidazole rings is 1. The molecule has 1 aromatic carbocycles. The number of aromatic nitrogens is 4. The molecule has 0 unspecified atom stereocenters. The van der Waals surface area contributed by atoms with Crippen LogP contribution in [0.2, 0.25) is 5.02 Å². The number of nitrogens with one attached hydrogen (secondary N) is 1. The zero-order valence-corrected chi connectivity index (χ0v) is 27.4. The minimum Gasteiger partial charge on any atom is -0.348 e. The zero-order valence-electron chi connectivity index (χ0n) is 26.7. The van der Waals surface area contributed by atoms with E-state index >= 15 is 8.78 Å². The SMILES string of the molecule is C[C@@H]1[C@H](N)CCCN1C(=O)c1cc(Cl)c2c(c1)nc(-c1cc3ccc4nc3n1CC(F)(F)CCC[C@@H]1C[C@H]1C(=O)N[C@@H]4C)n2C1CC1. The number of hydrogen-bond acceptors (Lipinski definition) is 5. The van der Waals surface area contributed by atoms with Crippen molar-refractivity contribution in [3.05, 3.63) is 46.6 Å². The van der Waals surface area contributed by atoms with E-state index in [1.807, 2.05) is 32.0 Å². The number of pyridine rings is 1. The highest BCUT2D eigenvalue weighted by Crippen LogP contribution is 2.46. The molecule has 5 atom stereocenters. The van der Waals surface area contributed by atoms with Crippen molar-refractivity contribution in [2.45, 2.75) is 102 Å². The molecule has 5 heterocycles. The fraction of sp³-hybridized carbons (Fsp3) is 0.543. The van der Waals surface area contributed by atoms with E-state index in [4.69, 9.17) is 27.3 Å². The first-order chi connectivity index (χ1) is 22.5. The summed E-state index contributed by atoms with van der Waals surface area (Å²) in [6.07, 6.45) is 4.97. The molecule has 2 bridgehead atoms. The molecule has 4 aromatic rings. The number of amides is 2. The standard InChI is InChI=1S/C35H40ClF2N7O2/c1-18-27-10-7-21-16-29(44(31(21)41-27)17-35(37,38)11-3-5-20-13-24(20)33(46)40-18)32-42-28-15-22(14-25(36)30(28)45(32)23-8-9-23)34(47)43-12-4-6-26(39)19(43)2/h7,10,14-16,18-20,23-24,26H,3-6,8-9,11-13,17,39H2,1-2H3,(H,40,46)/t18-,19-,20-,24-,26-/m1/s1. The highest BCUT2D eigenvalue weighted by molar-refractivity contribution is 6.35. The number of alkyl halides is 2. The van der Waals surface area contributed by atoms with Crippen molar-refractivity contribution in [1.29, 1.82) is 0 Å². The Hall–Kier alpha value is -3.57. The number of nitrogens with zero attached hydrogens (tertiary/aromatic N) is 5. The van der Waals surface area contributed by atoms with E-state index < -0.39 is 12.5 Å². The number of fused-ring (bicyclic) bond motifs is 3. The molecule has 3 N–H and O–H groups in total. The molecule has 2 amide bonds. The molecule has 8 rings (SSSR count). The number of carbonyl (C=O) groups excluding carboxylic acids is 2. The second kappa shape index (κ2) is 11.3. The molecule has 2 aliphatic carbocycles. The fourth-order valence-electron chi connectivity index (χ4n) is 7.74. The average Bonchev–Trinajstić information content (AvgIpc) is 3.95. The van der Waals surface area contributed by atoms with Crippen molar-refractivity contribution in [2.75, 3.05) is 6.54 Å². The Morgan fingerprint density at radius 2 is 1.89 bits per heavy atom. The van der Waals surface area contributed by atoms with Gasteiger partial charge in [-0.05, 0) is 95.0 Å². The van der Waals surface area contributed by atoms with Crippen LogP contribution in [-0.4, -0.2) is 60.4 Å². The van der Waals surface area contributed by atoms with Crippen molar-refractivity contribution >= 4 is 45.5 Å². The second-order valence-corrected chi connectivity index (χ2v) is 14.7. The second-order valence-electron chi connectivity index (χ2n) is 14.3. The Labute approximate surface area is 276 Å². The van der Waals surface area contributed by atoms with E-state index in [2.05, 4.69) is 9.88 Å². The van der Waals surface area contributed by atoms with Gasteiger partial charge in [-0.3, -0.25) is 9.59 Å². The molecular formula is C35H40ClF2N7O2. The van der Waals surface area contributed by atoms with Crippen LogP contribution in [0.5, 0.6) is 0 Å². The minimum atomic E-state index is -3.00. The van der Waals surface area contributed by atoms with Crippen LogP contribution in [0.1, 0.15) is 93.3 Å². The average molecular weight is 664 g/mol. The van der Waals surface area contributed by atoms with Crippen LogP contribution in [0.25, 0.3) is 33.6 Å². The summed E-state index contributed by atoms with van der Waals surface area (Å²) in [5.74, 6) is -2.59. The van der Waals surface area contributed by atoms with Crippen molar-refractivity contribution < 1.29 is 18.4 Å². The third kappa shape index (κ3) is 5.49. The van der Waals surface area contributed by atoms with Gasteiger partial charge in [0.1, 0.15) is 5.65 Å². The molecule has 9 nitrogen and oxygen atoms in total. The van der Waals surface area contributed by atoms with Gasteiger partial charge < -0.3 is 25.1 Å². The lowest BCUT2D eigenvalue weighted by atomic mass is 9.97. The Balaban J connectivity index is 1.26. The summed E-state index contributed by atoms with van der Waals surface area (Å²) in [5.41, 5.74) is 9.53. The van der Waals surface area contributed by atoms with Crippen molar-refractivity contribution in [2.24, 2.45) is 17.6 Å². The van der Waals surface area contributed by atoms with Crippen LogP contribution in [0.3, 0.4) is 0 Å². The molecule has 3 aromatic heterocycles. The van der Waals surface area contributed by atoms with E-state index in [-0.39, 0.29) is 54.2 Å². The zero-order chi connectivity index (χ0) is 32.8. The largest absolute Gasteiger partial charge is 0.348 e. The molecule has 248 valence electrons. The summed E-state index contributed by atoms with van der Waals surface area (Å²) in [6.45, 7) is 3.93. The Morgan fingerprint density at radius 1 is 1.09 bits per heavy atom. The lowest BCUT2D eigenvalue weighted by Gasteiger charge is -2.37. The highest BCUT2D eigenvalue weighted by atomic mass is 35.5. The van der Waals surface area contributed by atoms with E-state index in [9.17, 15) is 9.59 Å². The molecule has 1 saturated heterocycles. The van der Waals surface area contributed by atoms with Crippen LogP contribution < -0.4 is 11.1 Å². The summed E-state index contributed by atoms with van der Waals surface area (Å²) in [4.78, 5) is 38.3. The maximum absolute atomic E-state index is 15.8. The predicted octanol–water partition coefficient (Wildman–Crippen LogP) is 6.63. The van der Waals surface area contributed by atoms with Gasteiger partial charge >= 0.3 is 0 Å². The van der Waals surface area contributed by atoms with Crippen LogP contribution in [0.4, 0.5) is 8.78 Å². The minimum absolute atomic E-state index is 0.0326. The molecular weight excluding hydrogens is 624 g/mol. The maximum Gasteiger partial charge on any atom is 0.265 e. The number of rotatable bonds is 3. The van der Waals surface area contributed by atoms with Gasteiger partial charge in [0.2, 0.25) is 5.91 Å². The summed E-state index contributed by atoms with van der Waals surface area (Å²) in [6, 6.07) is 8.62. The van der Waals surface area contributed by atoms with Gasteiger partial charge in [-0.1, -0.05) is 11.6 Å². The third-order valence-corrected chi connectivity index (χ3v) is 11.1. The smallest absolute Gasteiger partial charge is 0.265 e. The van der Waals surface area contributed by atoms with Gasteiger partial charge in [0.25, 0.3) is 11.8 Å². The quantitative estimate of drug-likeness (QED) is 0.256. The first kappa shape index (κ1) is 30.7. The number of piperidine rings is 1. The normalized spacial score (nSPS) is 27.9.